The molecule has 1 N–H and O–H groups in total. The second-order valence-corrected chi connectivity index (χ2v) is 5.76. The van der Waals surface area contributed by atoms with Gasteiger partial charge in [-0.15, -0.1) is 0 Å². The minimum Gasteiger partial charge on any atom is -0.508 e. The predicted octanol–water partition coefficient (Wildman–Crippen LogP) is 2.82. The standard InChI is InChI=1S/C13H11ClO5S/c1-18-10-6-9(15)7-11(8-10)19-20(16,17)13-5-3-2-4-12(13)14/h2-8,15H,1H3. The molecular formula is C13H11ClO5S. The van der Waals surface area contributed by atoms with Crippen molar-refractivity contribution in [1.82, 2.24) is 0 Å². The van der Waals surface area contributed by atoms with E-state index in [2.05, 4.69) is 0 Å². The first-order chi connectivity index (χ1) is 9.42. The first kappa shape index (κ1) is 14.5. The Labute approximate surface area is 121 Å². The summed E-state index contributed by atoms with van der Waals surface area (Å²) >= 11 is 5.83. The summed E-state index contributed by atoms with van der Waals surface area (Å²) < 4.78 is 34.1. The van der Waals surface area contributed by atoms with E-state index in [4.69, 9.17) is 20.5 Å². The van der Waals surface area contributed by atoms with E-state index in [0.717, 1.165) is 6.07 Å². The minimum absolute atomic E-state index is 0.0552. The Kier molecular flexibility index (Phi) is 4.06. The molecule has 7 heteroatoms. The number of benzene rings is 2. The fourth-order valence-corrected chi connectivity index (χ4v) is 2.95. The summed E-state index contributed by atoms with van der Waals surface area (Å²) in [5.74, 6) is 0.0323. The lowest BCUT2D eigenvalue weighted by Gasteiger charge is -2.09. The number of aromatic hydroxyl groups is 1. The zero-order chi connectivity index (χ0) is 14.8. The molecule has 2 aromatic rings. The molecule has 0 unspecified atom stereocenters. The molecule has 5 nitrogen and oxygen atoms in total. The first-order valence-corrected chi connectivity index (χ1v) is 7.28. The number of methoxy groups -OCH3 is 1. The van der Waals surface area contributed by atoms with Crippen LogP contribution < -0.4 is 8.92 Å². The average molecular weight is 315 g/mol. The van der Waals surface area contributed by atoms with E-state index in [-0.39, 0.29) is 27.2 Å². The summed E-state index contributed by atoms with van der Waals surface area (Å²) in [5.41, 5.74) is 0. The predicted molar refractivity (Wildman–Crippen MR) is 73.9 cm³/mol. The summed E-state index contributed by atoms with van der Waals surface area (Å²) in [7, 11) is -2.69. The van der Waals surface area contributed by atoms with Gasteiger partial charge in [0.15, 0.2) is 0 Å². The molecule has 0 fully saturated rings. The Bertz CT molecular complexity index is 727. The van der Waals surface area contributed by atoms with Crippen molar-refractivity contribution in [3.63, 3.8) is 0 Å². The Balaban J connectivity index is 2.38. The lowest BCUT2D eigenvalue weighted by atomic mass is 10.3. The van der Waals surface area contributed by atoms with Crippen molar-refractivity contribution in [2.24, 2.45) is 0 Å². The first-order valence-electron chi connectivity index (χ1n) is 5.49. The summed E-state index contributed by atoms with van der Waals surface area (Å²) in [6.07, 6.45) is 0. The molecular weight excluding hydrogens is 304 g/mol. The van der Waals surface area contributed by atoms with Crippen LogP contribution in [0.25, 0.3) is 0 Å². The molecule has 0 atom stereocenters. The van der Waals surface area contributed by atoms with Crippen LogP contribution in [-0.4, -0.2) is 20.6 Å². The van der Waals surface area contributed by atoms with Crippen LogP contribution in [0.3, 0.4) is 0 Å². The van der Waals surface area contributed by atoms with Gasteiger partial charge in [-0.05, 0) is 12.1 Å². The Morgan fingerprint density at radius 1 is 1.10 bits per heavy atom. The topological polar surface area (TPSA) is 72.8 Å². The summed E-state index contributed by atoms with van der Waals surface area (Å²) in [4.78, 5) is -0.149. The van der Waals surface area contributed by atoms with E-state index in [1.807, 2.05) is 0 Å². The number of phenols is 1. The van der Waals surface area contributed by atoms with E-state index in [1.165, 1.54) is 37.4 Å². The van der Waals surface area contributed by atoms with Crippen molar-refractivity contribution in [1.29, 1.82) is 0 Å². The highest BCUT2D eigenvalue weighted by molar-refractivity contribution is 7.87. The second-order valence-electron chi connectivity index (χ2n) is 3.83. The largest absolute Gasteiger partial charge is 0.508 e. The van der Waals surface area contributed by atoms with Gasteiger partial charge < -0.3 is 14.0 Å². The maximum Gasteiger partial charge on any atom is 0.340 e. The van der Waals surface area contributed by atoms with Gasteiger partial charge in [-0.3, -0.25) is 0 Å². The van der Waals surface area contributed by atoms with Crippen LogP contribution in [0.4, 0.5) is 0 Å². The maximum atomic E-state index is 12.1. The molecule has 0 aliphatic carbocycles. The molecule has 20 heavy (non-hydrogen) atoms. The normalized spacial score (nSPS) is 11.1. The Morgan fingerprint density at radius 2 is 1.75 bits per heavy atom. The number of hydrogen-bond acceptors (Lipinski definition) is 5. The highest BCUT2D eigenvalue weighted by Crippen LogP contribution is 2.30. The zero-order valence-corrected chi connectivity index (χ0v) is 12.0. The van der Waals surface area contributed by atoms with Gasteiger partial charge in [0.2, 0.25) is 0 Å². The van der Waals surface area contributed by atoms with Crippen LogP contribution in [0, 0.1) is 0 Å². The number of phenolic OH excluding ortho intramolecular Hbond substituents is 1. The van der Waals surface area contributed by atoms with Gasteiger partial charge >= 0.3 is 10.1 Å². The molecule has 0 heterocycles. The van der Waals surface area contributed by atoms with Gasteiger partial charge in [0.25, 0.3) is 0 Å². The van der Waals surface area contributed by atoms with E-state index in [0.29, 0.717) is 0 Å². The Hall–Kier alpha value is -1.92. The van der Waals surface area contributed by atoms with Gasteiger partial charge in [-0.1, -0.05) is 23.7 Å². The van der Waals surface area contributed by atoms with E-state index < -0.39 is 10.1 Å². The summed E-state index contributed by atoms with van der Waals surface area (Å²) in [6.45, 7) is 0. The van der Waals surface area contributed by atoms with Crippen molar-refractivity contribution >= 4 is 21.7 Å². The van der Waals surface area contributed by atoms with Crippen molar-refractivity contribution in [3.05, 3.63) is 47.5 Å². The second kappa shape index (κ2) is 5.60. The number of ether oxygens (including phenoxy) is 1. The molecule has 2 rings (SSSR count). The molecule has 0 spiro atoms. The van der Waals surface area contributed by atoms with Crippen molar-refractivity contribution < 1.29 is 22.4 Å². The average Bonchev–Trinajstić information content (AvgIpc) is 2.37. The molecule has 0 amide bonds. The molecule has 0 aliphatic heterocycles. The fourth-order valence-electron chi connectivity index (χ4n) is 1.54. The summed E-state index contributed by atoms with van der Waals surface area (Å²) in [5, 5.41) is 9.52. The van der Waals surface area contributed by atoms with Crippen molar-refractivity contribution in [3.8, 4) is 17.2 Å². The monoisotopic (exact) mass is 314 g/mol. The molecule has 0 bridgehead atoms. The smallest absolute Gasteiger partial charge is 0.340 e. The molecule has 2 aromatic carbocycles. The van der Waals surface area contributed by atoms with E-state index >= 15 is 0 Å². The summed E-state index contributed by atoms with van der Waals surface area (Å²) in [6, 6.07) is 9.75. The molecule has 0 aliphatic rings. The Morgan fingerprint density at radius 3 is 2.40 bits per heavy atom. The number of rotatable bonds is 4. The maximum absolute atomic E-state index is 12.1. The lowest BCUT2D eigenvalue weighted by molar-refractivity contribution is 0.403. The molecule has 0 aromatic heterocycles. The van der Waals surface area contributed by atoms with Gasteiger partial charge in [-0.25, -0.2) is 0 Å². The van der Waals surface area contributed by atoms with Crippen LogP contribution >= 0.6 is 11.6 Å². The van der Waals surface area contributed by atoms with Crippen LogP contribution in [0.5, 0.6) is 17.2 Å². The SMILES string of the molecule is COc1cc(O)cc(OS(=O)(=O)c2ccccc2Cl)c1. The molecule has 106 valence electrons. The molecule has 0 saturated carbocycles. The van der Waals surface area contributed by atoms with Crippen LogP contribution in [-0.2, 0) is 10.1 Å². The van der Waals surface area contributed by atoms with E-state index in [9.17, 15) is 13.5 Å². The van der Waals surface area contributed by atoms with Gasteiger partial charge in [0.05, 0.1) is 12.1 Å². The van der Waals surface area contributed by atoms with Crippen LogP contribution in [0.1, 0.15) is 0 Å². The third-order valence-electron chi connectivity index (χ3n) is 2.41. The minimum atomic E-state index is -4.08. The quantitative estimate of drug-likeness (QED) is 0.878. The van der Waals surface area contributed by atoms with Gasteiger partial charge in [-0.2, -0.15) is 8.42 Å². The molecule has 0 radical (unpaired) electrons. The zero-order valence-electron chi connectivity index (χ0n) is 10.4. The van der Waals surface area contributed by atoms with Crippen LogP contribution in [0.15, 0.2) is 47.4 Å². The fraction of sp³-hybridized carbons (Fsp3) is 0.0769. The highest BCUT2D eigenvalue weighted by atomic mass is 35.5. The number of halogens is 1. The van der Waals surface area contributed by atoms with Crippen LogP contribution in [0.2, 0.25) is 5.02 Å². The lowest BCUT2D eigenvalue weighted by Crippen LogP contribution is -2.10. The van der Waals surface area contributed by atoms with Crippen molar-refractivity contribution in [2.75, 3.05) is 7.11 Å². The molecule has 0 saturated heterocycles. The number of hydrogen-bond donors (Lipinski definition) is 1. The van der Waals surface area contributed by atoms with Gasteiger partial charge in [0, 0.05) is 18.2 Å². The highest BCUT2D eigenvalue weighted by Gasteiger charge is 2.20. The third-order valence-corrected chi connectivity index (χ3v) is 4.16. The third kappa shape index (κ3) is 3.15. The van der Waals surface area contributed by atoms with Gasteiger partial charge in [0.1, 0.15) is 22.1 Å². The van der Waals surface area contributed by atoms with E-state index in [1.54, 1.807) is 6.07 Å². The van der Waals surface area contributed by atoms with Crippen molar-refractivity contribution in [2.45, 2.75) is 4.90 Å².